The second-order valence-electron chi connectivity index (χ2n) is 6.30. The van der Waals surface area contributed by atoms with Crippen LogP contribution in [0.3, 0.4) is 0 Å². The average Bonchev–Trinajstić information content (AvgIpc) is 2.90. The Morgan fingerprint density at radius 1 is 1.35 bits per heavy atom. The molecular weight excluding hydrogens is 298 g/mol. The molecule has 2 atom stereocenters. The molecule has 0 aromatic heterocycles. The van der Waals surface area contributed by atoms with Crippen molar-refractivity contribution >= 4 is 17.3 Å². The molecule has 0 heterocycles. The van der Waals surface area contributed by atoms with Gasteiger partial charge >= 0.3 is 0 Å². The second-order valence-corrected chi connectivity index (χ2v) is 6.30. The summed E-state index contributed by atoms with van der Waals surface area (Å²) in [6, 6.07) is 4.30. The third-order valence-corrected chi connectivity index (χ3v) is 4.38. The highest BCUT2D eigenvalue weighted by molar-refractivity contribution is 6.00. The fraction of sp³-hybridized carbons (Fsp3) is 0.562. The number of nitro groups is 1. The first-order valence-electron chi connectivity index (χ1n) is 7.70. The molecule has 1 aliphatic carbocycles. The molecule has 0 spiro atoms. The molecule has 1 aromatic rings. The number of non-ortho nitro benzene ring substituents is 1. The molecular formula is C16H23N3O4. The van der Waals surface area contributed by atoms with Crippen molar-refractivity contribution in [3.05, 3.63) is 33.9 Å². The van der Waals surface area contributed by atoms with E-state index >= 15 is 0 Å². The van der Waals surface area contributed by atoms with E-state index in [1.807, 2.05) is 0 Å². The maximum atomic E-state index is 12.7. The average molecular weight is 321 g/mol. The third-order valence-electron chi connectivity index (χ3n) is 4.38. The van der Waals surface area contributed by atoms with Crippen molar-refractivity contribution in [2.75, 3.05) is 32.6 Å². The molecule has 1 fully saturated rings. The predicted molar refractivity (Wildman–Crippen MR) is 87.7 cm³/mol. The van der Waals surface area contributed by atoms with Crippen molar-refractivity contribution in [1.29, 1.82) is 0 Å². The van der Waals surface area contributed by atoms with Crippen molar-refractivity contribution < 1.29 is 14.8 Å². The van der Waals surface area contributed by atoms with Gasteiger partial charge in [0, 0.05) is 51.4 Å². The zero-order valence-electron chi connectivity index (χ0n) is 13.7. The van der Waals surface area contributed by atoms with Crippen molar-refractivity contribution in [3.8, 4) is 0 Å². The standard InChI is InChI=1S/C16H23N3O4/c1-17(2)14-8-7-12(19(22)23)9-13(14)16(21)18(3)10-11-5-4-6-15(11)20/h7-9,11,15,20H,4-6,10H2,1-3H3. The van der Waals surface area contributed by atoms with Gasteiger partial charge in [0.1, 0.15) is 0 Å². The van der Waals surface area contributed by atoms with Gasteiger partial charge in [-0.1, -0.05) is 6.42 Å². The molecule has 126 valence electrons. The quantitative estimate of drug-likeness (QED) is 0.661. The largest absolute Gasteiger partial charge is 0.393 e. The molecule has 1 amide bonds. The first-order valence-corrected chi connectivity index (χ1v) is 7.70. The van der Waals surface area contributed by atoms with E-state index in [0.717, 1.165) is 19.3 Å². The number of aliphatic hydroxyl groups excluding tert-OH is 1. The van der Waals surface area contributed by atoms with Crippen molar-refractivity contribution in [2.24, 2.45) is 5.92 Å². The fourth-order valence-electron chi connectivity index (χ4n) is 3.07. The summed E-state index contributed by atoms with van der Waals surface area (Å²) in [6.07, 6.45) is 2.26. The summed E-state index contributed by atoms with van der Waals surface area (Å²) < 4.78 is 0. The number of carbonyl (C=O) groups is 1. The lowest BCUT2D eigenvalue weighted by Gasteiger charge is -2.25. The summed E-state index contributed by atoms with van der Waals surface area (Å²) >= 11 is 0. The van der Waals surface area contributed by atoms with Crippen LogP contribution < -0.4 is 4.90 Å². The number of benzene rings is 1. The van der Waals surface area contributed by atoms with Crippen LogP contribution in [0.1, 0.15) is 29.6 Å². The molecule has 2 unspecified atom stereocenters. The van der Waals surface area contributed by atoms with Gasteiger partial charge in [-0.05, 0) is 18.9 Å². The lowest BCUT2D eigenvalue weighted by molar-refractivity contribution is -0.384. The number of hydrogen-bond acceptors (Lipinski definition) is 5. The van der Waals surface area contributed by atoms with Gasteiger partial charge < -0.3 is 14.9 Å². The first-order chi connectivity index (χ1) is 10.8. The Kier molecular flexibility index (Phi) is 5.20. The van der Waals surface area contributed by atoms with Crippen LogP contribution in [0, 0.1) is 16.0 Å². The highest BCUT2D eigenvalue weighted by Gasteiger charge is 2.29. The van der Waals surface area contributed by atoms with Crippen molar-refractivity contribution in [3.63, 3.8) is 0 Å². The first kappa shape index (κ1) is 17.2. The molecule has 0 saturated heterocycles. The van der Waals surface area contributed by atoms with Crippen LogP contribution in [-0.2, 0) is 0 Å². The lowest BCUT2D eigenvalue weighted by Crippen LogP contribution is -2.35. The summed E-state index contributed by atoms with van der Waals surface area (Å²) in [5, 5.41) is 20.9. The number of anilines is 1. The summed E-state index contributed by atoms with van der Waals surface area (Å²) in [7, 11) is 5.25. The molecule has 0 aliphatic heterocycles. The summed E-state index contributed by atoms with van der Waals surface area (Å²) in [6.45, 7) is 0.454. The van der Waals surface area contributed by atoms with Gasteiger partial charge in [0.25, 0.3) is 11.6 Å². The monoisotopic (exact) mass is 321 g/mol. The van der Waals surface area contributed by atoms with Gasteiger partial charge in [-0.25, -0.2) is 0 Å². The molecule has 1 saturated carbocycles. The SMILES string of the molecule is CN(CC1CCCC1O)C(=O)c1cc([N+](=O)[O-])ccc1N(C)C. The van der Waals surface area contributed by atoms with E-state index in [4.69, 9.17) is 0 Å². The summed E-state index contributed by atoms with van der Waals surface area (Å²) in [4.78, 5) is 26.5. The maximum absolute atomic E-state index is 12.7. The van der Waals surface area contributed by atoms with Crippen molar-refractivity contribution in [2.45, 2.75) is 25.4 Å². The van der Waals surface area contributed by atoms with Gasteiger partial charge in [-0.2, -0.15) is 0 Å². The molecule has 1 aromatic carbocycles. The minimum absolute atomic E-state index is 0.0745. The van der Waals surface area contributed by atoms with Gasteiger partial charge in [-0.3, -0.25) is 14.9 Å². The molecule has 7 nitrogen and oxygen atoms in total. The fourth-order valence-corrected chi connectivity index (χ4v) is 3.07. The van der Waals surface area contributed by atoms with Gasteiger partial charge in [0.15, 0.2) is 0 Å². The van der Waals surface area contributed by atoms with Crippen LogP contribution in [0.5, 0.6) is 0 Å². The van der Waals surface area contributed by atoms with Gasteiger partial charge in [0.05, 0.1) is 16.6 Å². The summed E-state index contributed by atoms with van der Waals surface area (Å²) in [5.41, 5.74) is 0.840. The molecule has 0 bridgehead atoms. The second kappa shape index (κ2) is 6.95. The minimum Gasteiger partial charge on any atom is -0.393 e. The van der Waals surface area contributed by atoms with E-state index in [9.17, 15) is 20.0 Å². The van der Waals surface area contributed by atoms with Crippen LogP contribution in [0.15, 0.2) is 18.2 Å². The number of carbonyl (C=O) groups excluding carboxylic acids is 1. The van der Waals surface area contributed by atoms with Crippen LogP contribution >= 0.6 is 0 Å². The van der Waals surface area contributed by atoms with E-state index in [0.29, 0.717) is 17.8 Å². The topological polar surface area (TPSA) is 86.9 Å². The van der Waals surface area contributed by atoms with Crippen LogP contribution in [-0.4, -0.2) is 54.6 Å². The van der Waals surface area contributed by atoms with Crippen LogP contribution in [0.2, 0.25) is 0 Å². The number of rotatable bonds is 5. The van der Waals surface area contributed by atoms with E-state index < -0.39 is 4.92 Å². The third kappa shape index (κ3) is 3.79. The number of nitrogens with zero attached hydrogens (tertiary/aromatic N) is 3. The Bertz CT molecular complexity index is 603. The Hall–Kier alpha value is -2.15. The van der Waals surface area contributed by atoms with Crippen LogP contribution in [0.25, 0.3) is 0 Å². The Morgan fingerprint density at radius 2 is 2.04 bits per heavy atom. The molecule has 7 heteroatoms. The number of hydrogen-bond donors (Lipinski definition) is 1. The molecule has 1 N–H and O–H groups in total. The molecule has 2 rings (SSSR count). The Morgan fingerprint density at radius 3 is 2.57 bits per heavy atom. The van der Waals surface area contributed by atoms with Gasteiger partial charge in [0.2, 0.25) is 0 Å². The molecule has 0 radical (unpaired) electrons. The zero-order chi connectivity index (χ0) is 17.1. The van der Waals surface area contributed by atoms with E-state index in [-0.39, 0.29) is 23.6 Å². The van der Waals surface area contributed by atoms with Crippen molar-refractivity contribution in [1.82, 2.24) is 4.90 Å². The minimum atomic E-state index is -0.503. The highest BCUT2D eigenvalue weighted by Crippen LogP contribution is 2.28. The smallest absolute Gasteiger partial charge is 0.270 e. The van der Waals surface area contributed by atoms with Gasteiger partial charge in [-0.15, -0.1) is 0 Å². The Labute approximate surface area is 135 Å². The van der Waals surface area contributed by atoms with E-state index in [1.54, 1.807) is 37.0 Å². The predicted octanol–water partition coefficient (Wildman–Crippen LogP) is 1.89. The lowest BCUT2D eigenvalue weighted by atomic mass is 10.0. The normalized spacial score (nSPS) is 20.3. The zero-order valence-corrected chi connectivity index (χ0v) is 13.7. The summed E-state index contributed by atoms with van der Waals surface area (Å²) in [5.74, 6) is -0.193. The Balaban J connectivity index is 2.25. The maximum Gasteiger partial charge on any atom is 0.270 e. The number of amides is 1. The van der Waals surface area contributed by atoms with E-state index in [1.165, 1.54) is 12.1 Å². The number of nitro benzene ring substituents is 1. The highest BCUT2D eigenvalue weighted by atomic mass is 16.6. The molecule has 1 aliphatic rings. The van der Waals surface area contributed by atoms with E-state index in [2.05, 4.69) is 0 Å². The molecule has 23 heavy (non-hydrogen) atoms. The number of aliphatic hydroxyl groups is 1. The van der Waals surface area contributed by atoms with Crippen LogP contribution in [0.4, 0.5) is 11.4 Å².